The lowest BCUT2D eigenvalue weighted by atomic mass is 10.0. The summed E-state index contributed by atoms with van der Waals surface area (Å²) in [7, 11) is 2.03. The van der Waals surface area contributed by atoms with Crippen LogP contribution in [0.5, 0.6) is 0 Å². The average molecular weight is 333 g/mol. The van der Waals surface area contributed by atoms with E-state index in [1.165, 1.54) is 9.35 Å². The molecule has 1 N–H and O–H groups in total. The van der Waals surface area contributed by atoms with Gasteiger partial charge in [-0.25, -0.2) is 0 Å². The van der Waals surface area contributed by atoms with Gasteiger partial charge in [-0.1, -0.05) is 6.92 Å². The van der Waals surface area contributed by atoms with E-state index >= 15 is 0 Å². The first-order valence-electron chi connectivity index (χ1n) is 6.47. The lowest BCUT2D eigenvalue weighted by Crippen LogP contribution is -2.52. The summed E-state index contributed by atoms with van der Waals surface area (Å²) >= 11 is 5.32. The molecule has 1 saturated heterocycles. The predicted molar refractivity (Wildman–Crippen MR) is 80.4 cm³/mol. The fourth-order valence-corrected chi connectivity index (χ4v) is 3.87. The zero-order valence-corrected chi connectivity index (χ0v) is 13.4. The standard InChI is InChI=1S/C13H21BrN2OS/c1-3-16-4-5-17-13(8-16)12(15-2)7-11-6-10(14)9-18-11/h6,9,12-13,15H,3-5,7-8H2,1-2H3. The highest BCUT2D eigenvalue weighted by molar-refractivity contribution is 9.10. The third-order valence-corrected chi connectivity index (χ3v) is 5.21. The number of thiophene rings is 1. The van der Waals surface area contributed by atoms with Crippen LogP contribution in [0.4, 0.5) is 0 Å². The van der Waals surface area contributed by atoms with Crippen molar-refractivity contribution in [3.05, 3.63) is 20.8 Å². The maximum Gasteiger partial charge on any atom is 0.0858 e. The Morgan fingerprint density at radius 1 is 1.67 bits per heavy atom. The molecule has 102 valence electrons. The molecule has 0 radical (unpaired) electrons. The summed E-state index contributed by atoms with van der Waals surface area (Å²) in [5.74, 6) is 0. The zero-order valence-electron chi connectivity index (χ0n) is 11.0. The Morgan fingerprint density at radius 2 is 2.50 bits per heavy atom. The molecule has 5 heteroatoms. The van der Waals surface area contributed by atoms with Gasteiger partial charge in [-0.15, -0.1) is 11.3 Å². The van der Waals surface area contributed by atoms with Gasteiger partial charge in [-0.2, -0.15) is 0 Å². The largest absolute Gasteiger partial charge is 0.374 e. The van der Waals surface area contributed by atoms with Gasteiger partial charge in [0.1, 0.15) is 0 Å². The third-order valence-electron chi connectivity index (χ3n) is 3.49. The molecule has 0 aromatic carbocycles. The van der Waals surface area contributed by atoms with Crippen molar-refractivity contribution in [2.75, 3.05) is 33.3 Å². The van der Waals surface area contributed by atoms with Crippen molar-refractivity contribution < 1.29 is 4.74 Å². The molecule has 0 saturated carbocycles. The molecule has 1 aliphatic rings. The SMILES string of the molecule is CCN1CCOC(C(Cc2cc(Br)cs2)NC)C1. The Bertz CT molecular complexity index is 372. The maximum atomic E-state index is 5.93. The molecule has 0 bridgehead atoms. The van der Waals surface area contributed by atoms with E-state index in [1.54, 1.807) is 0 Å². The molecule has 18 heavy (non-hydrogen) atoms. The molecule has 1 aliphatic heterocycles. The molecule has 1 aromatic heterocycles. The normalized spacial score (nSPS) is 23.2. The second-order valence-corrected chi connectivity index (χ2v) is 6.54. The van der Waals surface area contributed by atoms with E-state index < -0.39 is 0 Å². The second kappa shape index (κ2) is 7.01. The van der Waals surface area contributed by atoms with Crippen molar-refractivity contribution >= 4 is 27.3 Å². The van der Waals surface area contributed by atoms with E-state index in [4.69, 9.17) is 4.74 Å². The van der Waals surface area contributed by atoms with Crippen molar-refractivity contribution in [2.24, 2.45) is 0 Å². The number of nitrogens with one attached hydrogen (secondary N) is 1. The molecular formula is C13H21BrN2OS. The van der Waals surface area contributed by atoms with E-state index in [-0.39, 0.29) is 0 Å². The van der Waals surface area contributed by atoms with Crippen LogP contribution in [-0.4, -0.2) is 50.3 Å². The van der Waals surface area contributed by atoms with E-state index in [0.717, 1.165) is 32.7 Å². The molecule has 0 amide bonds. The van der Waals surface area contributed by atoms with Crippen LogP contribution < -0.4 is 5.32 Å². The summed E-state index contributed by atoms with van der Waals surface area (Å²) in [6.07, 6.45) is 1.33. The maximum absolute atomic E-state index is 5.93. The minimum atomic E-state index is 0.296. The van der Waals surface area contributed by atoms with E-state index in [9.17, 15) is 0 Å². The molecule has 1 aromatic rings. The Morgan fingerprint density at radius 3 is 3.11 bits per heavy atom. The highest BCUT2D eigenvalue weighted by Crippen LogP contribution is 2.22. The fourth-order valence-electron chi connectivity index (χ4n) is 2.36. The van der Waals surface area contributed by atoms with Crippen LogP contribution in [0.1, 0.15) is 11.8 Å². The van der Waals surface area contributed by atoms with Crippen LogP contribution in [0.2, 0.25) is 0 Å². The van der Waals surface area contributed by atoms with Gasteiger partial charge in [0, 0.05) is 33.9 Å². The van der Waals surface area contributed by atoms with Crippen LogP contribution in [-0.2, 0) is 11.2 Å². The monoisotopic (exact) mass is 332 g/mol. The van der Waals surface area contributed by atoms with Crippen LogP contribution in [0.15, 0.2) is 15.9 Å². The Balaban J connectivity index is 1.95. The lowest BCUT2D eigenvalue weighted by molar-refractivity contribution is -0.0434. The number of likely N-dealkylation sites (N-methyl/N-ethyl adjacent to an activating group) is 2. The molecular weight excluding hydrogens is 312 g/mol. The molecule has 2 heterocycles. The van der Waals surface area contributed by atoms with E-state index in [1.807, 2.05) is 18.4 Å². The number of hydrogen-bond acceptors (Lipinski definition) is 4. The van der Waals surface area contributed by atoms with Crippen LogP contribution in [0, 0.1) is 0 Å². The lowest BCUT2D eigenvalue weighted by Gasteiger charge is -2.36. The Kier molecular flexibility index (Phi) is 5.63. The third kappa shape index (κ3) is 3.78. The van der Waals surface area contributed by atoms with Crippen LogP contribution >= 0.6 is 27.3 Å². The number of morpholine rings is 1. The highest BCUT2D eigenvalue weighted by atomic mass is 79.9. The van der Waals surface area contributed by atoms with Crippen molar-refractivity contribution in [3.63, 3.8) is 0 Å². The average Bonchev–Trinajstić information content (AvgIpc) is 2.81. The number of hydrogen-bond donors (Lipinski definition) is 1. The smallest absolute Gasteiger partial charge is 0.0858 e. The molecule has 3 nitrogen and oxygen atoms in total. The summed E-state index contributed by atoms with van der Waals surface area (Å²) < 4.78 is 7.11. The van der Waals surface area contributed by atoms with Gasteiger partial charge in [0.2, 0.25) is 0 Å². The summed E-state index contributed by atoms with van der Waals surface area (Å²) in [4.78, 5) is 3.86. The highest BCUT2D eigenvalue weighted by Gasteiger charge is 2.26. The number of ether oxygens (including phenoxy) is 1. The summed E-state index contributed by atoms with van der Waals surface area (Å²) in [5, 5.41) is 5.55. The number of rotatable bonds is 5. The molecule has 2 unspecified atom stereocenters. The molecule has 1 fully saturated rings. The first kappa shape index (κ1) is 14.5. The minimum absolute atomic E-state index is 0.296. The topological polar surface area (TPSA) is 24.5 Å². The van der Waals surface area contributed by atoms with Gasteiger partial charge in [-0.05, 0) is 42.0 Å². The predicted octanol–water partition coefficient (Wildman–Crippen LogP) is 2.36. The number of nitrogens with zero attached hydrogens (tertiary/aromatic N) is 1. The van der Waals surface area contributed by atoms with Gasteiger partial charge in [0.15, 0.2) is 0 Å². The van der Waals surface area contributed by atoms with E-state index in [2.05, 4.69) is 44.5 Å². The molecule has 2 atom stereocenters. The molecule has 0 aliphatic carbocycles. The second-order valence-electron chi connectivity index (χ2n) is 4.63. The van der Waals surface area contributed by atoms with Crippen molar-refractivity contribution in [1.82, 2.24) is 10.2 Å². The minimum Gasteiger partial charge on any atom is -0.374 e. The zero-order chi connectivity index (χ0) is 13.0. The summed E-state index contributed by atoms with van der Waals surface area (Å²) in [5.41, 5.74) is 0. The van der Waals surface area contributed by atoms with Crippen LogP contribution in [0.3, 0.4) is 0 Å². The van der Waals surface area contributed by atoms with Gasteiger partial charge < -0.3 is 10.1 Å². The molecule has 2 rings (SSSR count). The van der Waals surface area contributed by atoms with Crippen molar-refractivity contribution in [2.45, 2.75) is 25.5 Å². The van der Waals surface area contributed by atoms with Gasteiger partial charge in [-0.3, -0.25) is 4.90 Å². The summed E-state index contributed by atoms with van der Waals surface area (Å²) in [6, 6.07) is 2.60. The van der Waals surface area contributed by atoms with Crippen molar-refractivity contribution in [3.8, 4) is 0 Å². The van der Waals surface area contributed by atoms with Gasteiger partial charge >= 0.3 is 0 Å². The Labute approximate surface area is 122 Å². The van der Waals surface area contributed by atoms with Gasteiger partial charge in [0.05, 0.1) is 12.7 Å². The fraction of sp³-hybridized carbons (Fsp3) is 0.692. The van der Waals surface area contributed by atoms with E-state index in [0.29, 0.717) is 12.1 Å². The quantitative estimate of drug-likeness (QED) is 0.895. The van der Waals surface area contributed by atoms with Gasteiger partial charge in [0.25, 0.3) is 0 Å². The Hall–Kier alpha value is 0.0600. The summed E-state index contributed by atoms with van der Waals surface area (Å²) in [6.45, 7) is 6.28. The van der Waals surface area contributed by atoms with Crippen LogP contribution in [0.25, 0.3) is 0 Å². The molecule has 0 spiro atoms. The number of halogens is 1. The van der Waals surface area contributed by atoms with Crippen molar-refractivity contribution in [1.29, 1.82) is 0 Å². The first-order valence-corrected chi connectivity index (χ1v) is 8.14. The first-order chi connectivity index (χ1) is 8.72.